The van der Waals surface area contributed by atoms with Gasteiger partial charge in [0.2, 0.25) is 5.95 Å². The predicted molar refractivity (Wildman–Crippen MR) is 103 cm³/mol. The summed E-state index contributed by atoms with van der Waals surface area (Å²) in [6.07, 6.45) is 3.44. The predicted octanol–water partition coefficient (Wildman–Crippen LogP) is 4.52. The highest BCUT2D eigenvalue weighted by Gasteiger charge is 2.08. The van der Waals surface area contributed by atoms with Crippen LogP contribution < -0.4 is 15.4 Å². The molecule has 0 amide bonds. The first kappa shape index (κ1) is 15.8. The van der Waals surface area contributed by atoms with Crippen molar-refractivity contribution >= 4 is 34.0 Å². The van der Waals surface area contributed by atoms with Crippen molar-refractivity contribution in [3.63, 3.8) is 0 Å². The molecule has 6 nitrogen and oxygen atoms in total. The van der Waals surface area contributed by atoms with Crippen LogP contribution in [0, 0.1) is 0 Å². The van der Waals surface area contributed by atoms with E-state index in [1.807, 2.05) is 60.7 Å². The Kier molecular flexibility index (Phi) is 4.30. The molecule has 4 rings (SSSR count). The van der Waals surface area contributed by atoms with Gasteiger partial charge in [-0.1, -0.05) is 12.1 Å². The molecular weight excluding hydrogens is 326 g/mol. The van der Waals surface area contributed by atoms with Gasteiger partial charge in [-0.3, -0.25) is 4.98 Å². The Morgan fingerprint density at radius 3 is 2.27 bits per heavy atom. The first-order valence-electron chi connectivity index (χ1n) is 8.17. The molecule has 0 atom stereocenters. The average Bonchev–Trinajstić information content (AvgIpc) is 2.69. The zero-order chi connectivity index (χ0) is 17.8. The van der Waals surface area contributed by atoms with Crippen LogP contribution in [0.15, 0.2) is 73.1 Å². The van der Waals surface area contributed by atoms with Crippen LogP contribution in [0.4, 0.5) is 23.1 Å². The maximum absolute atomic E-state index is 5.21. The number of para-hydroxylation sites is 1. The van der Waals surface area contributed by atoms with Crippen molar-refractivity contribution in [2.45, 2.75) is 0 Å². The van der Waals surface area contributed by atoms with Crippen LogP contribution in [0.25, 0.3) is 10.9 Å². The fourth-order valence-corrected chi connectivity index (χ4v) is 2.60. The Balaban J connectivity index is 1.71. The summed E-state index contributed by atoms with van der Waals surface area (Å²) in [4.78, 5) is 13.3. The maximum Gasteiger partial charge on any atom is 0.229 e. The van der Waals surface area contributed by atoms with Gasteiger partial charge in [-0.15, -0.1) is 0 Å². The molecule has 26 heavy (non-hydrogen) atoms. The second-order valence-electron chi connectivity index (χ2n) is 5.63. The number of fused-ring (bicyclic) bond motifs is 1. The zero-order valence-electron chi connectivity index (χ0n) is 14.2. The maximum atomic E-state index is 5.21. The lowest BCUT2D eigenvalue weighted by atomic mass is 10.2. The molecule has 4 aromatic rings. The molecule has 6 heteroatoms. The molecule has 0 fully saturated rings. The van der Waals surface area contributed by atoms with E-state index in [9.17, 15) is 0 Å². The first-order chi connectivity index (χ1) is 12.8. The Bertz CT molecular complexity index is 1020. The number of nitrogens with one attached hydrogen (secondary N) is 2. The van der Waals surface area contributed by atoms with Crippen molar-refractivity contribution < 1.29 is 4.74 Å². The summed E-state index contributed by atoms with van der Waals surface area (Å²) < 4.78 is 5.21. The van der Waals surface area contributed by atoms with Gasteiger partial charge in [0.05, 0.1) is 12.6 Å². The first-order valence-corrected chi connectivity index (χ1v) is 8.17. The van der Waals surface area contributed by atoms with E-state index in [-0.39, 0.29) is 0 Å². The number of rotatable bonds is 5. The molecule has 0 aliphatic carbocycles. The molecule has 0 unspecified atom stereocenters. The van der Waals surface area contributed by atoms with Crippen LogP contribution in [-0.2, 0) is 0 Å². The number of methoxy groups -OCH3 is 1. The monoisotopic (exact) mass is 343 g/mol. The van der Waals surface area contributed by atoms with Gasteiger partial charge in [0, 0.05) is 29.2 Å². The highest BCUT2D eigenvalue weighted by atomic mass is 16.5. The lowest BCUT2D eigenvalue weighted by Crippen LogP contribution is -2.02. The summed E-state index contributed by atoms with van der Waals surface area (Å²) in [5.74, 6) is 2.06. The van der Waals surface area contributed by atoms with Crippen LogP contribution >= 0.6 is 0 Å². The fraction of sp³-hybridized carbons (Fsp3) is 0.0500. The third-order valence-electron chi connectivity index (χ3n) is 3.89. The van der Waals surface area contributed by atoms with Gasteiger partial charge >= 0.3 is 0 Å². The lowest BCUT2D eigenvalue weighted by molar-refractivity contribution is 0.415. The summed E-state index contributed by atoms with van der Waals surface area (Å²) in [6.45, 7) is 0. The molecule has 128 valence electrons. The summed E-state index contributed by atoms with van der Waals surface area (Å²) in [5.41, 5.74) is 2.66. The van der Waals surface area contributed by atoms with Gasteiger partial charge in [0.15, 0.2) is 0 Å². The van der Waals surface area contributed by atoms with E-state index in [2.05, 4.69) is 25.6 Å². The van der Waals surface area contributed by atoms with Gasteiger partial charge in [-0.05, 0) is 48.5 Å². The fourth-order valence-electron chi connectivity index (χ4n) is 2.60. The number of nitrogens with zero attached hydrogens (tertiary/aromatic N) is 3. The number of ether oxygens (including phenoxy) is 1. The molecule has 0 spiro atoms. The van der Waals surface area contributed by atoms with E-state index in [1.165, 1.54) is 0 Å². The molecule has 2 aromatic heterocycles. The number of pyridine rings is 1. The quantitative estimate of drug-likeness (QED) is 0.555. The summed E-state index contributed by atoms with van der Waals surface area (Å²) >= 11 is 0. The van der Waals surface area contributed by atoms with E-state index < -0.39 is 0 Å². The molecule has 0 bridgehead atoms. The molecule has 2 N–H and O–H groups in total. The Morgan fingerprint density at radius 1 is 0.769 bits per heavy atom. The molecule has 0 aliphatic heterocycles. The van der Waals surface area contributed by atoms with Crippen LogP contribution in [0.2, 0.25) is 0 Å². The van der Waals surface area contributed by atoms with E-state index in [4.69, 9.17) is 4.74 Å². The SMILES string of the molecule is COc1ccc(Nc2nc(Nc3ccncc3)nc3ccccc23)cc1. The minimum Gasteiger partial charge on any atom is -0.497 e. The molecule has 0 radical (unpaired) electrons. The molecule has 0 saturated carbocycles. The Labute approximate surface area is 150 Å². The van der Waals surface area contributed by atoms with E-state index in [0.29, 0.717) is 5.95 Å². The van der Waals surface area contributed by atoms with Crippen LogP contribution in [0.3, 0.4) is 0 Å². The van der Waals surface area contributed by atoms with Gasteiger partial charge in [-0.2, -0.15) is 4.98 Å². The molecule has 2 heterocycles. The lowest BCUT2D eigenvalue weighted by Gasteiger charge is -2.12. The minimum absolute atomic E-state index is 0.519. The molecule has 2 aromatic carbocycles. The highest BCUT2D eigenvalue weighted by Crippen LogP contribution is 2.27. The molecule has 0 aliphatic rings. The number of aromatic nitrogens is 3. The smallest absolute Gasteiger partial charge is 0.229 e. The third kappa shape index (κ3) is 3.39. The summed E-state index contributed by atoms with van der Waals surface area (Å²) in [6, 6.07) is 19.3. The second-order valence-corrected chi connectivity index (χ2v) is 5.63. The van der Waals surface area contributed by atoms with Crippen molar-refractivity contribution in [3.8, 4) is 5.75 Å². The third-order valence-corrected chi connectivity index (χ3v) is 3.89. The van der Waals surface area contributed by atoms with Gasteiger partial charge in [-0.25, -0.2) is 4.98 Å². The zero-order valence-corrected chi connectivity index (χ0v) is 14.2. The number of hydrogen-bond acceptors (Lipinski definition) is 6. The number of hydrogen-bond donors (Lipinski definition) is 2. The molecular formula is C20H17N5O. The highest BCUT2D eigenvalue weighted by molar-refractivity contribution is 5.92. The second kappa shape index (κ2) is 7.06. The number of anilines is 4. The Hall–Kier alpha value is -3.67. The van der Waals surface area contributed by atoms with E-state index in [1.54, 1.807) is 19.5 Å². The van der Waals surface area contributed by atoms with Crippen molar-refractivity contribution in [3.05, 3.63) is 73.1 Å². The van der Waals surface area contributed by atoms with Gasteiger partial charge < -0.3 is 15.4 Å². The molecule has 0 saturated heterocycles. The largest absolute Gasteiger partial charge is 0.497 e. The van der Waals surface area contributed by atoms with Crippen molar-refractivity contribution in [2.24, 2.45) is 0 Å². The van der Waals surface area contributed by atoms with Crippen molar-refractivity contribution in [1.82, 2.24) is 15.0 Å². The van der Waals surface area contributed by atoms with E-state index >= 15 is 0 Å². The Morgan fingerprint density at radius 2 is 1.50 bits per heavy atom. The van der Waals surface area contributed by atoms with Gasteiger partial charge in [0.25, 0.3) is 0 Å². The normalized spacial score (nSPS) is 10.5. The standard InChI is InChI=1S/C20H17N5O/c1-26-16-8-6-14(7-9-16)22-19-17-4-2-3-5-18(17)24-20(25-19)23-15-10-12-21-13-11-15/h2-13H,1H3,(H2,21,22,23,24,25). The van der Waals surface area contributed by atoms with E-state index in [0.717, 1.165) is 33.8 Å². The summed E-state index contributed by atoms with van der Waals surface area (Å²) in [5, 5.41) is 7.53. The summed E-state index contributed by atoms with van der Waals surface area (Å²) in [7, 11) is 1.65. The average molecular weight is 343 g/mol. The van der Waals surface area contributed by atoms with Crippen molar-refractivity contribution in [1.29, 1.82) is 0 Å². The topological polar surface area (TPSA) is 72.0 Å². The van der Waals surface area contributed by atoms with Crippen LogP contribution in [-0.4, -0.2) is 22.1 Å². The van der Waals surface area contributed by atoms with Crippen molar-refractivity contribution in [2.75, 3.05) is 17.7 Å². The minimum atomic E-state index is 0.519. The number of benzene rings is 2. The van der Waals surface area contributed by atoms with Crippen LogP contribution in [0.1, 0.15) is 0 Å². The van der Waals surface area contributed by atoms with Crippen LogP contribution in [0.5, 0.6) is 5.75 Å². The van der Waals surface area contributed by atoms with Gasteiger partial charge in [0.1, 0.15) is 11.6 Å².